The van der Waals surface area contributed by atoms with E-state index in [1.54, 1.807) is 18.2 Å². The maximum Gasteiger partial charge on any atom is 0.267 e. The third kappa shape index (κ3) is 6.26. The lowest BCUT2D eigenvalue weighted by Crippen LogP contribution is -2.18. The first-order valence-electron chi connectivity index (χ1n) is 8.13. The smallest absolute Gasteiger partial charge is 0.267 e. The van der Waals surface area contributed by atoms with E-state index >= 15 is 0 Å². The van der Waals surface area contributed by atoms with E-state index in [1.807, 2.05) is 31.2 Å². The Morgan fingerprint density at radius 2 is 1.93 bits per heavy atom. The maximum atomic E-state index is 12.1. The first-order chi connectivity index (χ1) is 12.8. The Balaban J connectivity index is 1.89. The number of aryl methyl sites for hydroxylation is 1. The van der Waals surface area contributed by atoms with Crippen LogP contribution in [0.3, 0.4) is 0 Å². The second kappa shape index (κ2) is 8.98. The number of amides is 1. The number of anilines is 1. The van der Waals surface area contributed by atoms with Gasteiger partial charge in [0.2, 0.25) is 10.0 Å². The van der Waals surface area contributed by atoms with Crippen molar-refractivity contribution in [3.05, 3.63) is 71.4 Å². The second-order valence-electron chi connectivity index (χ2n) is 5.89. The van der Waals surface area contributed by atoms with Crippen molar-refractivity contribution in [2.24, 2.45) is 5.14 Å². The van der Waals surface area contributed by atoms with Crippen molar-refractivity contribution in [3.8, 4) is 6.07 Å². The van der Waals surface area contributed by atoms with Gasteiger partial charge in [0.05, 0.1) is 4.90 Å². The third-order valence-electron chi connectivity index (χ3n) is 3.70. The van der Waals surface area contributed by atoms with Gasteiger partial charge >= 0.3 is 0 Å². The molecular weight excluding hydrogens is 364 g/mol. The Kier molecular flexibility index (Phi) is 6.71. The molecule has 0 aliphatic heterocycles. The van der Waals surface area contributed by atoms with E-state index in [9.17, 15) is 13.2 Å². The lowest BCUT2D eigenvalue weighted by molar-refractivity contribution is -0.112. The Labute approximate surface area is 158 Å². The predicted molar refractivity (Wildman–Crippen MR) is 103 cm³/mol. The van der Waals surface area contributed by atoms with Crippen LogP contribution in [-0.2, 0) is 21.2 Å². The lowest BCUT2D eigenvalue weighted by Gasteiger charge is -2.06. The molecule has 27 heavy (non-hydrogen) atoms. The van der Waals surface area contributed by atoms with Crippen molar-refractivity contribution < 1.29 is 13.2 Å². The van der Waals surface area contributed by atoms with Gasteiger partial charge in [-0.05, 0) is 48.7 Å². The van der Waals surface area contributed by atoms with Gasteiger partial charge in [0, 0.05) is 18.4 Å². The largest absolute Gasteiger partial charge is 0.389 e. The minimum atomic E-state index is -3.70. The first kappa shape index (κ1) is 20.2. The SMILES string of the molecule is Cc1cccc(NC(=O)/C(C#N)=C\NCCc2ccc(S(N)(=O)=O)cc2)c1. The van der Waals surface area contributed by atoms with E-state index < -0.39 is 15.9 Å². The molecule has 0 atom stereocenters. The van der Waals surface area contributed by atoms with Crippen molar-refractivity contribution in [1.82, 2.24) is 5.32 Å². The number of carbonyl (C=O) groups excluding carboxylic acids is 1. The van der Waals surface area contributed by atoms with Crippen LogP contribution in [0.1, 0.15) is 11.1 Å². The predicted octanol–water partition coefficient (Wildman–Crippen LogP) is 1.82. The molecule has 2 aromatic carbocycles. The van der Waals surface area contributed by atoms with Crippen molar-refractivity contribution in [2.45, 2.75) is 18.2 Å². The monoisotopic (exact) mass is 384 g/mol. The Morgan fingerprint density at radius 1 is 1.22 bits per heavy atom. The molecule has 4 N–H and O–H groups in total. The van der Waals surface area contributed by atoms with E-state index in [0.717, 1.165) is 11.1 Å². The van der Waals surface area contributed by atoms with E-state index in [4.69, 9.17) is 10.4 Å². The molecular formula is C19H20N4O3S. The van der Waals surface area contributed by atoms with Gasteiger partial charge in [-0.15, -0.1) is 0 Å². The molecule has 140 valence electrons. The van der Waals surface area contributed by atoms with Gasteiger partial charge in [0.1, 0.15) is 11.6 Å². The molecule has 0 fully saturated rings. The zero-order valence-corrected chi connectivity index (χ0v) is 15.6. The van der Waals surface area contributed by atoms with Crippen molar-refractivity contribution >= 4 is 21.6 Å². The standard InChI is InChI=1S/C19H20N4O3S/c1-14-3-2-4-17(11-14)23-19(24)16(12-20)13-22-10-9-15-5-7-18(8-6-15)27(21,25)26/h2-8,11,13,22H,9-10H2,1H3,(H,23,24)(H2,21,25,26)/b16-13-. The Bertz CT molecular complexity index is 990. The molecule has 0 saturated carbocycles. The summed E-state index contributed by atoms with van der Waals surface area (Å²) in [6.45, 7) is 2.38. The maximum absolute atomic E-state index is 12.1. The molecule has 0 radical (unpaired) electrons. The average molecular weight is 384 g/mol. The van der Waals surface area contributed by atoms with Crippen LogP contribution in [-0.4, -0.2) is 20.9 Å². The number of benzene rings is 2. The number of nitrogens with zero attached hydrogens (tertiary/aromatic N) is 1. The molecule has 7 nitrogen and oxygen atoms in total. The number of carbonyl (C=O) groups is 1. The summed E-state index contributed by atoms with van der Waals surface area (Å²) in [5, 5.41) is 19.8. The fourth-order valence-corrected chi connectivity index (χ4v) is 2.82. The summed E-state index contributed by atoms with van der Waals surface area (Å²) in [5.74, 6) is -0.492. The topological polar surface area (TPSA) is 125 Å². The molecule has 0 unspecified atom stereocenters. The van der Waals surface area contributed by atoms with E-state index in [1.165, 1.54) is 18.3 Å². The van der Waals surface area contributed by atoms with Gasteiger partial charge in [0.25, 0.3) is 5.91 Å². The van der Waals surface area contributed by atoms with Gasteiger partial charge in [-0.3, -0.25) is 4.79 Å². The number of nitriles is 1. The highest BCUT2D eigenvalue weighted by Crippen LogP contribution is 2.11. The van der Waals surface area contributed by atoms with Crippen LogP contribution in [0.15, 0.2) is 65.2 Å². The number of nitrogens with two attached hydrogens (primary N) is 1. The summed E-state index contributed by atoms with van der Waals surface area (Å²) >= 11 is 0. The van der Waals surface area contributed by atoms with Crippen LogP contribution in [0.5, 0.6) is 0 Å². The Morgan fingerprint density at radius 3 is 2.52 bits per heavy atom. The van der Waals surface area contributed by atoms with Gasteiger partial charge < -0.3 is 10.6 Å². The highest BCUT2D eigenvalue weighted by molar-refractivity contribution is 7.89. The molecule has 0 heterocycles. The molecule has 0 spiro atoms. The highest BCUT2D eigenvalue weighted by Gasteiger charge is 2.09. The summed E-state index contributed by atoms with van der Waals surface area (Å²) in [6.07, 6.45) is 1.95. The van der Waals surface area contributed by atoms with Crippen molar-refractivity contribution in [1.29, 1.82) is 5.26 Å². The number of rotatable bonds is 7. The summed E-state index contributed by atoms with van der Waals surface area (Å²) in [5.41, 5.74) is 2.48. The molecule has 2 aromatic rings. The molecule has 0 aliphatic rings. The number of hydrogen-bond donors (Lipinski definition) is 3. The summed E-state index contributed by atoms with van der Waals surface area (Å²) in [7, 11) is -3.70. The van der Waals surface area contributed by atoms with E-state index in [-0.39, 0.29) is 10.5 Å². The lowest BCUT2D eigenvalue weighted by atomic mass is 10.1. The highest BCUT2D eigenvalue weighted by atomic mass is 32.2. The second-order valence-corrected chi connectivity index (χ2v) is 7.45. The zero-order valence-electron chi connectivity index (χ0n) is 14.8. The van der Waals surface area contributed by atoms with Crippen LogP contribution in [0.4, 0.5) is 5.69 Å². The minimum absolute atomic E-state index is 0.0407. The zero-order chi connectivity index (χ0) is 19.9. The van der Waals surface area contributed by atoms with Crippen LogP contribution in [0.2, 0.25) is 0 Å². The van der Waals surface area contributed by atoms with Crippen molar-refractivity contribution in [3.63, 3.8) is 0 Å². The fraction of sp³-hybridized carbons (Fsp3) is 0.158. The normalized spacial score (nSPS) is 11.5. The molecule has 1 amide bonds. The van der Waals surface area contributed by atoms with Crippen LogP contribution >= 0.6 is 0 Å². The first-order valence-corrected chi connectivity index (χ1v) is 9.67. The van der Waals surface area contributed by atoms with E-state index in [2.05, 4.69) is 10.6 Å². The van der Waals surface area contributed by atoms with Gasteiger partial charge in [-0.25, -0.2) is 13.6 Å². The quantitative estimate of drug-likeness (QED) is 0.381. The average Bonchev–Trinajstić information content (AvgIpc) is 2.61. The number of primary sulfonamides is 1. The number of sulfonamides is 1. The molecule has 0 aromatic heterocycles. The van der Waals surface area contributed by atoms with Crippen LogP contribution in [0.25, 0.3) is 0 Å². The summed E-state index contributed by atoms with van der Waals surface area (Å²) in [6, 6.07) is 15.4. The minimum Gasteiger partial charge on any atom is -0.389 e. The van der Waals surface area contributed by atoms with Crippen LogP contribution in [0, 0.1) is 18.3 Å². The van der Waals surface area contributed by atoms with Crippen molar-refractivity contribution in [2.75, 3.05) is 11.9 Å². The third-order valence-corrected chi connectivity index (χ3v) is 4.63. The van der Waals surface area contributed by atoms with E-state index in [0.29, 0.717) is 18.7 Å². The summed E-state index contributed by atoms with van der Waals surface area (Å²) < 4.78 is 22.4. The van der Waals surface area contributed by atoms with Gasteiger partial charge in [-0.2, -0.15) is 5.26 Å². The molecule has 0 bridgehead atoms. The molecule has 0 saturated heterocycles. The molecule has 2 rings (SSSR count). The molecule has 0 aliphatic carbocycles. The summed E-state index contributed by atoms with van der Waals surface area (Å²) in [4.78, 5) is 12.2. The van der Waals surface area contributed by atoms with Gasteiger partial charge in [-0.1, -0.05) is 24.3 Å². The number of nitrogens with one attached hydrogen (secondary N) is 2. The molecule has 8 heteroatoms. The number of hydrogen-bond acceptors (Lipinski definition) is 5. The Hall–Kier alpha value is -3.15. The fourth-order valence-electron chi connectivity index (χ4n) is 2.31. The van der Waals surface area contributed by atoms with Crippen LogP contribution < -0.4 is 15.8 Å². The van der Waals surface area contributed by atoms with Gasteiger partial charge in [0.15, 0.2) is 0 Å².